The fourth-order valence-corrected chi connectivity index (χ4v) is 9.22. The number of nitrogens with zero attached hydrogens (tertiary/aromatic N) is 2. The van der Waals surface area contributed by atoms with Crippen molar-refractivity contribution in [2.24, 2.45) is 0 Å². The molecule has 2 aliphatic carbocycles. The summed E-state index contributed by atoms with van der Waals surface area (Å²) in [5.41, 5.74) is 16.4. The second-order valence-electron chi connectivity index (χ2n) is 13.8. The van der Waals surface area contributed by atoms with Crippen LogP contribution in [0.25, 0.3) is 66.7 Å². The zero-order valence-electron chi connectivity index (χ0n) is 29.8. The molecule has 0 saturated carbocycles. The van der Waals surface area contributed by atoms with Crippen molar-refractivity contribution in [1.29, 1.82) is 0 Å². The number of hydrogen-bond donors (Lipinski definition) is 0. The van der Waals surface area contributed by atoms with Crippen LogP contribution >= 0.6 is 31.9 Å². The Morgan fingerprint density at radius 3 is 1.84 bits per heavy atom. The predicted octanol–water partition coefficient (Wildman–Crippen LogP) is 13.8. The quantitative estimate of drug-likeness (QED) is 0.165. The van der Waals surface area contributed by atoms with Gasteiger partial charge in [-0.1, -0.05) is 123 Å². The van der Waals surface area contributed by atoms with Gasteiger partial charge in [0.25, 0.3) is 0 Å². The zero-order chi connectivity index (χ0) is 36.9. The third kappa shape index (κ3) is 6.02. The van der Waals surface area contributed by atoms with Gasteiger partial charge in [-0.05, 0) is 109 Å². The molecule has 2 heterocycles. The van der Waals surface area contributed by atoms with Gasteiger partial charge in [0.05, 0.1) is 5.41 Å². The Labute approximate surface area is 357 Å². The minimum atomic E-state index is -0.398. The molecule has 7 aromatic carbocycles. The molecular formula is C51H30Br2IrN2-2. The summed E-state index contributed by atoms with van der Waals surface area (Å²) in [5, 5.41) is 2.39. The third-order valence-corrected chi connectivity index (χ3v) is 11.8. The Morgan fingerprint density at radius 1 is 0.446 bits per heavy atom. The van der Waals surface area contributed by atoms with Gasteiger partial charge in [-0.15, -0.1) is 71.3 Å². The van der Waals surface area contributed by atoms with Gasteiger partial charge in [0.15, 0.2) is 0 Å². The molecule has 0 aliphatic heterocycles. The van der Waals surface area contributed by atoms with E-state index in [-0.39, 0.29) is 20.1 Å². The molecule has 269 valence electrons. The van der Waals surface area contributed by atoms with Crippen LogP contribution in [0.4, 0.5) is 0 Å². The van der Waals surface area contributed by atoms with E-state index in [1.165, 1.54) is 60.8 Å². The Balaban J connectivity index is 0.000000202. The van der Waals surface area contributed by atoms with Crippen molar-refractivity contribution in [3.63, 3.8) is 0 Å². The molecule has 56 heavy (non-hydrogen) atoms. The molecule has 1 radical (unpaired) electrons. The third-order valence-electron chi connectivity index (χ3n) is 10.8. The SMILES string of the molecule is Brc1ccc2c(c1)C1(c3ccccc3-c3ccc(-c4cc[c-]c(-c5ccccn5)c4)cc31)c1cc(Br)ccc1-2.[Ir].[c-]1ccccc1-c1nccc2ccccc12. The maximum absolute atomic E-state index is 4.55. The van der Waals surface area contributed by atoms with E-state index in [0.29, 0.717) is 0 Å². The molecule has 5 heteroatoms. The smallest absolute Gasteiger partial charge is 0.0726 e. The monoisotopic (exact) mass is 1020 g/mol. The molecule has 0 bridgehead atoms. The van der Waals surface area contributed by atoms with Crippen LogP contribution in [0.5, 0.6) is 0 Å². The summed E-state index contributed by atoms with van der Waals surface area (Å²) in [6, 6.07) is 66.5. The van der Waals surface area contributed by atoms with Crippen LogP contribution in [0, 0.1) is 12.1 Å². The number of rotatable bonds is 3. The Morgan fingerprint density at radius 2 is 1.09 bits per heavy atom. The number of aromatic nitrogens is 2. The number of benzene rings is 7. The van der Waals surface area contributed by atoms with E-state index in [1.54, 1.807) is 0 Å². The molecule has 11 rings (SSSR count). The van der Waals surface area contributed by atoms with Crippen LogP contribution in [-0.2, 0) is 25.5 Å². The fourth-order valence-electron chi connectivity index (χ4n) is 8.50. The average molecular weight is 1020 g/mol. The summed E-state index contributed by atoms with van der Waals surface area (Å²) in [7, 11) is 0. The van der Waals surface area contributed by atoms with Crippen LogP contribution in [0.1, 0.15) is 22.3 Å². The van der Waals surface area contributed by atoms with Gasteiger partial charge in [-0.25, -0.2) is 0 Å². The first kappa shape index (κ1) is 36.4. The number of hydrogen-bond acceptors (Lipinski definition) is 2. The molecule has 0 saturated heterocycles. The first-order valence-corrected chi connectivity index (χ1v) is 19.8. The minimum Gasteiger partial charge on any atom is -0.305 e. The normalized spacial score (nSPS) is 12.5. The number of pyridine rings is 2. The van der Waals surface area contributed by atoms with Crippen molar-refractivity contribution in [3.05, 3.63) is 226 Å². The van der Waals surface area contributed by atoms with Gasteiger partial charge in [0.1, 0.15) is 0 Å². The first-order chi connectivity index (χ1) is 27.1. The summed E-state index contributed by atoms with van der Waals surface area (Å²) in [6.45, 7) is 0. The predicted molar refractivity (Wildman–Crippen MR) is 232 cm³/mol. The van der Waals surface area contributed by atoms with Crippen LogP contribution < -0.4 is 0 Å². The average Bonchev–Trinajstić information content (AvgIpc) is 3.70. The largest absolute Gasteiger partial charge is 0.305 e. The molecular weight excluding hydrogens is 993 g/mol. The van der Waals surface area contributed by atoms with E-state index in [4.69, 9.17) is 0 Å². The maximum atomic E-state index is 4.55. The molecule has 9 aromatic rings. The van der Waals surface area contributed by atoms with Gasteiger partial charge < -0.3 is 9.97 Å². The molecule has 1 spiro atoms. The molecule has 2 aliphatic rings. The van der Waals surface area contributed by atoms with E-state index < -0.39 is 5.41 Å². The van der Waals surface area contributed by atoms with Crippen molar-refractivity contribution >= 4 is 42.6 Å². The topological polar surface area (TPSA) is 25.8 Å². The van der Waals surface area contributed by atoms with Crippen molar-refractivity contribution < 1.29 is 20.1 Å². The molecule has 2 aromatic heterocycles. The molecule has 2 nitrogen and oxygen atoms in total. The Kier molecular flexibility index (Phi) is 9.73. The zero-order valence-corrected chi connectivity index (χ0v) is 35.4. The Hall–Kier alpha value is -5.29. The van der Waals surface area contributed by atoms with Gasteiger partial charge in [-0.3, -0.25) is 0 Å². The van der Waals surface area contributed by atoms with Gasteiger partial charge >= 0.3 is 0 Å². The standard InChI is InChI=1S/C36H20Br2N.C15H10N.Ir/c37-25-12-15-29-30-16-13-26(38)21-34(30)36(33(29)20-25)31-9-2-1-8-27(31)28-14-11-23(19-32(28)36)22-6-5-7-24(18-22)35-10-3-4-17-39-35;1-2-7-13(8-3-1)15-14-9-5-4-6-12(14)10-11-16-15;/h1-6,8-21H;1-7,9-11H;/q2*-1;. The summed E-state index contributed by atoms with van der Waals surface area (Å²) >= 11 is 7.59. The van der Waals surface area contributed by atoms with Crippen LogP contribution in [-0.4, -0.2) is 9.97 Å². The van der Waals surface area contributed by atoms with Crippen LogP contribution in [0.3, 0.4) is 0 Å². The summed E-state index contributed by atoms with van der Waals surface area (Å²) in [4.78, 5) is 9.00. The second-order valence-corrected chi connectivity index (χ2v) is 15.6. The summed E-state index contributed by atoms with van der Waals surface area (Å²) < 4.78 is 2.18. The summed E-state index contributed by atoms with van der Waals surface area (Å²) in [6.07, 6.45) is 3.68. The molecule has 0 amide bonds. The van der Waals surface area contributed by atoms with E-state index in [2.05, 4.69) is 157 Å². The molecule has 0 atom stereocenters. The van der Waals surface area contributed by atoms with Gasteiger partial charge in [0.2, 0.25) is 0 Å². The van der Waals surface area contributed by atoms with Crippen LogP contribution in [0.2, 0.25) is 0 Å². The van der Waals surface area contributed by atoms with E-state index in [1.807, 2.05) is 79.1 Å². The van der Waals surface area contributed by atoms with E-state index in [0.717, 1.165) is 37.0 Å². The van der Waals surface area contributed by atoms with E-state index in [9.17, 15) is 0 Å². The first-order valence-electron chi connectivity index (χ1n) is 18.2. The Bertz CT molecular complexity index is 2850. The maximum Gasteiger partial charge on any atom is 0.0726 e. The molecule has 0 N–H and O–H groups in total. The summed E-state index contributed by atoms with van der Waals surface area (Å²) in [5.74, 6) is 0. The molecule has 0 fully saturated rings. The van der Waals surface area contributed by atoms with Crippen molar-refractivity contribution in [2.75, 3.05) is 0 Å². The van der Waals surface area contributed by atoms with Crippen molar-refractivity contribution in [3.8, 4) is 55.9 Å². The van der Waals surface area contributed by atoms with Crippen molar-refractivity contribution in [2.45, 2.75) is 5.41 Å². The number of halogens is 2. The van der Waals surface area contributed by atoms with Crippen molar-refractivity contribution in [1.82, 2.24) is 9.97 Å². The van der Waals surface area contributed by atoms with Gasteiger partial charge in [0, 0.05) is 41.4 Å². The molecule has 0 unspecified atom stereocenters. The minimum absolute atomic E-state index is 0. The fraction of sp³-hybridized carbons (Fsp3) is 0.0196. The second kappa shape index (κ2) is 15.0. The van der Waals surface area contributed by atoms with Gasteiger partial charge in [-0.2, -0.15) is 0 Å². The van der Waals surface area contributed by atoms with Crippen LogP contribution in [0.15, 0.2) is 191 Å². The number of fused-ring (bicyclic) bond motifs is 11. The van der Waals surface area contributed by atoms with E-state index >= 15 is 0 Å².